The molecule has 148 valence electrons. The predicted octanol–water partition coefficient (Wildman–Crippen LogP) is 2.76. The number of carbonyl (C=O) groups excluding carboxylic acids is 1. The fraction of sp³-hybridized carbons (Fsp3) is 0.100. The summed E-state index contributed by atoms with van der Waals surface area (Å²) in [4.78, 5) is 16.7. The van der Waals surface area contributed by atoms with Crippen LogP contribution in [-0.2, 0) is 27.9 Å². The van der Waals surface area contributed by atoms with E-state index in [-0.39, 0.29) is 23.6 Å². The molecule has 0 spiro atoms. The Kier molecular flexibility index (Phi) is 5.15. The number of carbonyl (C=O) groups is 1. The molecule has 29 heavy (non-hydrogen) atoms. The Bertz CT molecular complexity index is 1210. The number of hydrogen-bond acceptors (Lipinski definition) is 6. The van der Waals surface area contributed by atoms with Crippen LogP contribution in [0.25, 0.3) is 5.65 Å². The average molecular weight is 411 g/mol. The molecule has 1 aromatic carbocycles. The maximum absolute atomic E-state index is 12.5. The summed E-state index contributed by atoms with van der Waals surface area (Å²) < 4.78 is 39.6. The maximum atomic E-state index is 12.5. The van der Waals surface area contributed by atoms with E-state index < -0.39 is 16.0 Å². The van der Waals surface area contributed by atoms with E-state index in [0.717, 1.165) is 5.65 Å². The van der Waals surface area contributed by atoms with Gasteiger partial charge >= 0.3 is 5.97 Å². The molecule has 9 heteroatoms. The Balaban J connectivity index is 1.43. The van der Waals surface area contributed by atoms with Crippen LogP contribution in [0.2, 0.25) is 0 Å². The van der Waals surface area contributed by atoms with Crippen LogP contribution in [0.15, 0.2) is 82.6 Å². The molecule has 0 unspecified atom stereocenters. The van der Waals surface area contributed by atoms with E-state index in [1.54, 1.807) is 18.3 Å². The lowest BCUT2D eigenvalue weighted by Crippen LogP contribution is -2.23. The van der Waals surface area contributed by atoms with Crippen molar-refractivity contribution in [2.24, 2.45) is 0 Å². The van der Waals surface area contributed by atoms with Crippen LogP contribution in [0, 0.1) is 0 Å². The summed E-state index contributed by atoms with van der Waals surface area (Å²) >= 11 is 0. The van der Waals surface area contributed by atoms with Crippen molar-refractivity contribution in [3.05, 3.63) is 90.3 Å². The summed E-state index contributed by atoms with van der Waals surface area (Å²) in [5, 5.41) is 0. The Labute approximate surface area is 166 Å². The number of pyridine rings is 1. The molecule has 8 nitrogen and oxygen atoms in total. The molecule has 0 aliphatic rings. The molecule has 1 N–H and O–H groups in total. The normalized spacial score (nSPS) is 11.6. The van der Waals surface area contributed by atoms with Crippen molar-refractivity contribution in [1.82, 2.24) is 14.1 Å². The van der Waals surface area contributed by atoms with Gasteiger partial charge in [-0.3, -0.25) is 0 Å². The van der Waals surface area contributed by atoms with Gasteiger partial charge in [0, 0.05) is 12.4 Å². The average Bonchev–Trinajstić information content (AvgIpc) is 3.40. The number of aromatic nitrogens is 2. The Morgan fingerprint density at radius 1 is 1.14 bits per heavy atom. The van der Waals surface area contributed by atoms with Crippen molar-refractivity contribution in [2.45, 2.75) is 18.0 Å². The number of imidazole rings is 1. The number of ether oxygens (including phenoxy) is 1. The SMILES string of the molecule is O=C(OCc1cn2ccccc2n1)c1cccc(S(=O)(=O)NCc2ccco2)c1. The van der Waals surface area contributed by atoms with Gasteiger partial charge in [-0.1, -0.05) is 12.1 Å². The fourth-order valence-corrected chi connectivity index (χ4v) is 3.77. The topological polar surface area (TPSA) is 103 Å². The summed E-state index contributed by atoms with van der Waals surface area (Å²) in [6.07, 6.45) is 5.07. The minimum absolute atomic E-state index is 0.0118. The lowest BCUT2D eigenvalue weighted by atomic mass is 10.2. The van der Waals surface area contributed by atoms with E-state index in [1.807, 2.05) is 28.8 Å². The van der Waals surface area contributed by atoms with Gasteiger partial charge in [0.25, 0.3) is 0 Å². The first-order chi connectivity index (χ1) is 14.0. The molecule has 4 rings (SSSR count). The van der Waals surface area contributed by atoms with Crippen molar-refractivity contribution < 1.29 is 22.4 Å². The fourth-order valence-electron chi connectivity index (χ4n) is 2.73. The van der Waals surface area contributed by atoms with Crippen molar-refractivity contribution >= 4 is 21.6 Å². The maximum Gasteiger partial charge on any atom is 0.338 e. The molecule has 0 saturated heterocycles. The van der Waals surface area contributed by atoms with Gasteiger partial charge in [-0.15, -0.1) is 0 Å². The highest BCUT2D eigenvalue weighted by atomic mass is 32.2. The van der Waals surface area contributed by atoms with Crippen molar-refractivity contribution in [3.63, 3.8) is 0 Å². The van der Waals surface area contributed by atoms with E-state index in [2.05, 4.69) is 9.71 Å². The lowest BCUT2D eigenvalue weighted by Gasteiger charge is -2.07. The van der Waals surface area contributed by atoms with Crippen molar-refractivity contribution in [1.29, 1.82) is 0 Å². The second-order valence-electron chi connectivity index (χ2n) is 6.21. The van der Waals surface area contributed by atoms with Crippen LogP contribution in [0.1, 0.15) is 21.8 Å². The smallest absolute Gasteiger partial charge is 0.338 e. The zero-order valence-corrected chi connectivity index (χ0v) is 16.0. The van der Waals surface area contributed by atoms with Crippen LogP contribution in [0.5, 0.6) is 0 Å². The first-order valence-corrected chi connectivity index (χ1v) is 10.2. The number of hydrogen-bond donors (Lipinski definition) is 1. The van der Waals surface area contributed by atoms with Crippen LogP contribution in [0.4, 0.5) is 0 Å². The van der Waals surface area contributed by atoms with Crippen LogP contribution < -0.4 is 4.72 Å². The molecule has 0 aliphatic heterocycles. The van der Waals surface area contributed by atoms with Crippen LogP contribution in [0.3, 0.4) is 0 Å². The highest BCUT2D eigenvalue weighted by molar-refractivity contribution is 7.89. The summed E-state index contributed by atoms with van der Waals surface area (Å²) in [5.41, 5.74) is 1.47. The number of esters is 1. The quantitative estimate of drug-likeness (QED) is 0.469. The molecule has 0 saturated carbocycles. The Morgan fingerprint density at radius 3 is 2.83 bits per heavy atom. The van der Waals surface area contributed by atoms with E-state index in [4.69, 9.17) is 9.15 Å². The minimum atomic E-state index is -3.81. The third-order valence-electron chi connectivity index (χ3n) is 4.16. The van der Waals surface area contributed by atoms with E-state index >= 15 is 0 Å². The van der Waals surface area contributed by atoms with Gasteiger partial charge in [-0.25, -0.2) is 22.9 Å². The second kappa shape index (κ2) is 7.90. The van der Waals surface area contributed by atoms with Gasteiger partial charge in [0.15, 0.2) is 0 Å². The number of rotatable bonds is 7. The molecule has 3 aromatic heterocycles. The third kappa shape index (κ3) is 4.36. The molecule has 4 aromatic rings. The van der Waals surface area contributed by atoms with E-state index in [1.165, 1.54) is 30.5 Å². The number of nitrogens with zero attached hydrogens (tertiary/aromatic N) is 2. The number of benzene rings is 1. The van der Waals surface area contributed by atoms with Crippen molar-refractivity contribution in [3.8, 4) is 0 Å². The third-order valence-corrected chi connectivity index (χ3v) is 5.56. The first-order valence-electron chi connectivity index (χ1n) is 8.73. The lowest BCUT2D eigenvalue weighted by molar-refractivity contribution is 0.0468. The first kappa shape index (κ1) is 18.9. The van der Waals surface area contributed by atoms with Gasteiger partial charge in [0.05, 0.1) is 29.0 Å². The summed E-state index contributed by atoms with van der Waals surface area (Å²) in [6, 6.07) is 14.6. The molecule has 3 heterocycles. The Hall–Kier alpha value is -3.43. The standard InChI is InChI=1S/C20H17N3O5S/c24-20(28-14-16-13-23-9-2-1-8-19(23)22-16)15-5-3-7-18(11-15)29(25,26)21-12-17-6-4-10-27-17/h1-11,13,21H,12,14H2. The zero-order valence-electron chi connectivity index (χ0n) is 15.2. The molecule has 0 radical (unpaired) electrons. The van der Waals surface area contributed by atoms with Crippen LogP contribution >= 0.6 is 0 Å². The number of nitrogens with one attached hydrogen (secondary N) is 1. The number of furan rings is 1. The van der Waals surface area contributed by atoms with Gasteiger partial charge in [0.2, 0.25) is 10.0 Å². The van der Waals surface area contributed by atoms with E-state index in [0.29, 0.717) is 11.5 Å². The zero-order chi connectivity index (χ0) is 20.3. The number of sulfonamides is 1. The largest absolute Gasteiger partial charge is 0.468 e. The second-order valence-corrected chi connectivity index (χ2v) is 7.97. The van der Waals surface area contributed by atoms with Gasteiger partial charge in [-0.2, -0.15) is 0 Å². The monoisotopic (exact) mass is 411 g/mol. The molecular formula is C20H17N3O5S. The molecule has 0 fully saturated rings. The molecule has 0 bridgehead atoms. The summed E-state index contributed by atoms with van der Waals surface area (Å²) in [6.45, 7) is -0.00781. The number of fused-ring (bicyclic) bond motifs is 1. The molecule has 0 atom stereocenters. The molecular weight excluding hydrogens is 394 g/mol. The van der Waals surface area contributed by atoms with E-state index in [9.17, 15) is 13.2 Å². The predicted molar refractivity (Wildman–Crippen MR) is 103 cm³/mol. The highest BCUT2D eigenvalue weighted by Gasteiger charge is 2.17. The summed E-state index contributed by atoms with van der Waals surface area (Å²) in [7, 11) is -3.81. The van der Waals surface area contributed by atoms with Gasteiger partial charge in [0.1, 0.15) is 18.0 Å². The molecule has 0 aliphatic carbocycles. The minimum Gasteiger partial charge on any atom is -0.468 e. The van der Waals surface area contributed by atoms with Gasteiger partial charge < -0.3 is 13.6 Å². The van der Waals surface area contributed by atoms with Crippen LogP contribution in [-0.4, -0.2) is 23.8 Å². The Morgan fingerprint density at radius 2 is 2.03 bits per heavy atom. The summed E-state index contributed by atoms with van der Waals surface area (Å²) in [5.74, 6) is -0.151. The van der Waals surface area contributed by atoms with Gasteiger partial charge in [-0.05, 0) is 42.5 Å². The highest BCUT2D eigenvalue weighted by Crippen LogP contribution is 2.14. The van der Waals surface area contributed by atoms with Crippen molar-refractivity contribution in [2.75, 3.05) is 0 Å². The molecule has 0 amide bonds.